The molecule has 2 atom stereocenters. The van der Waals surface area contributed by atoms with Crippen LogP contribution in [-0.2, 0) is 6.42 Å². The van der Waals surface area contributed by atoms with Gasteiger partial charge in [-0.1, -0.05) is 45.7 Å². The lowest BCUT2D eigenvalue weighted by Crippen LogP contribution is -2.55. The van der Waals surface area contributed by atoms with Crippen LogP contribution in [0, 0.1) is 17.2 Å². The molecule has 0 heterocycles. The average molecular weight is 263 g/mol. The third kappa shape index (κ3) is 3.36. The number of benzene rings is 1. The Balaban J connectivity index is 2.23. The van der Waals surface area contributed by atoms with E-state index in [4.69, 9.17) is 5.73 Å². The molecule has 106 valence electrons. The van der Waals surface area contributed by atoms with Crippen LogP contribution in [0.3, 0.4) is 0 Å². The van der Waals surface area contributed by atoms with Gasteiger partial charge in [-0.15, -0.1) is 0 Å². The van der Waals surface area contributed by atoms with Gasteiger partial charge in [0.15, 0.2) is 0 Å². The summed E-state index contributed by atoms with van der Waals surface area (Å²) in [4.78, 5) is 0. The van der Waals surface area contributed by atoms with E-state index in [1.165, 1.54) is 25.3 Å². The van der Waals surface area contributed by atoms with E-state index in [1.807, 2.05) is 6.07 Å². The molecule has 0 amide bonds. The third-order valence-corrected chi connectivity index (χ3v) is 4.55. The second-order valence-corrected chi connectivity index (χ2v) is 7.20. The van der Waals surface area contributed by atoms with Crippen LogP contribution in [0.25, 0.3) is 0 Å². The molecule has 0 bridgehead atoms. The Morgan fingerprint density at radius 1 is 1.32 bits per heavy atom. The molecule has 0 aliphatic heterocycles. The third-order valence-electron chi connectivity index (χ3n) is 4.55. The van der Waals surface area contributed by atoms with Crippen LogP contribution < -0.4 is 5.73 Å². The van der Waals surface area contributed by atoms with Gasteiger partial charge in [0.05, 0.1) is 0 Å². The zero-order chi connectivity index (χ0) is 14.1. The molecule has 0 radical (unpaired) electrons. The van der Waals surface area contributed by atoms with Gasteiger partial charge in [0.25, 0.3) is 0 Å². The summed E-state index contributed by atoms with van der Waals surface area (Å²) in [6, 6.07) is 6.90. The van der Waals surface area contributed by atoms with Crippen LogP contribution in [-0.4, -0.2) is 5.54 Å². The molecule has 2 heteroatoms. The molecular formula is C17H26FN. The van der Waals surface area contributed by atoms with E-state index in [0.29, 0.717) is 5.92 Å². The summed E-state index contributed by atoms with van der Waals surface area (Å²) < 4.78 is 13.3. The fourth-order valence-electron chi connectivity index (χ4n) is 3.80. The number of hydrogen-bond donors (Lipinski definition) is 1. The summed E-state index contributed by atoms with van der Waals surface area (Å²) in [5.74, 6) is 0.334. The molecule has 19 heavy (non-hydrogen) atoms. The first-order valence-electron chi connectivity index (χ1n) is 7.35. The second-order valence-electron chi connectivity index (χ2n) is 7.20. The van der Waals surface area contributed by atoms with Gasteiger partial charge >= 0.3 is 0 Å². The Kier molecular flexibility index (Phi) is 4.00. The summed E-state index contributed by atoms with van der Waals surface area (Å²) in [5.41, 5.74) is 7.80. The van der Waals surface area contributed by atoms with E-state index in [1.54, 1.807) is 12.1 Å². The van der Waals surface area contributed by atoms with Gasteiger partial charge in [-0.05, 0) is 48.3 Å². The fourth-order valence-corrected chi connectivity index (χ4v) is 3.80. The van der Waals surface area contributed by atoms with Crippen LogP contribution in [0.5, 0.6) is 0 Å². The van der Waals surface area contributed by atoms with Gasteiger partial charge < -0.3 is 5.73 Å². The highest BCUT2D eigenvalue weighted by Gasteiger charge is 2.43. The number of rotatable bonds is 2. The molecule has 1 aliphatic carbocycles. The highest BCUT2D eigenvalue weighted by atomic mass is 19.1. The molecular weight excluding hydrogens is 237 g/mol. The molecule has 1 aromatic carbocycles. The quantitative estimate of drug-likeness (QED) is 0.845. The maximum atomic E-state index is 13.3. The molecule has 1 aliphatic rings. The van der Waals surface area contributed by atoms with Gasteiger partial charge in [0, 0.05) is 5.54 Å². The predicted octanol–water partition coefficient (Wildman–Crippen LogP) is 4.30. The van der Waals surface area contributed by atoms with E-state index in [9.17, 15) is 4.39 Å². The zero-order valence-corrected chi connectivity index (χ0v) is 12.4. The van der Waals surface area contributed by atoms with Crippen molar-refractivity contribution in [2.45, 2.75) is 58.4 Å². The van der Waals surface area contributed by atoms with Crippen molar-refractivity contribution in [3.63, 3.8) is 0 Å². The number of hydrogen-bond acceptors (Lipinski definition) is 1. The molecule has 0 spiro atoms. The lowest BCUT2D eigenvalue weighted by molar-refractivity contribution is 0.0793. The van der Waals surface area contributed by atoms with E-state index in [-0.39, 0.29) is 16.8 Å². The number of nitrogens with two attached hydrogens (primary N) is 1. The standard InChI is InChI=1S/C17H26FN/c1-16(2,3)15-9-4-5-10-17(15,19)12-13-7-6-8-14(18)11-13/h6-8,11,15H,4-5,9-10,12,19H2,1-3H3. The summed E-state index contributed by atoms with van der Waals surface area (Å²) in [6.07, 6.45) is 5.48. The monoisotopic (exact) mass is 263 g/mol. The van der Waals surface area contributed by atoms with Crippen LogP contribution in [0.1, 0.15) is 52.0 Å². The topological polar surface area (TPSA) is 26.0 Å². The van der Waals surface area contributed by atoms with E-state index in [2.05, 4.69) is 20.8 Å². The van der Waals surface area contributed by atoms with Crippen molar-refractivity contribution in [2.24, 2.45) is 17.1 Å². The minimum Gasteiger partial charge on any atom is -0.325 e. The normalized spacial score (nSPS) is 28.4. The maximum Gasteiger partial charge on any atom is 0.123 e. The summed E-state index contributed by atoms with van der Waals surface area (Å²) in [7, 11) is 0. The van der Waals surface area contributed by atoms with Crippen molar-refractivity contribution < 1.29 is 4.39 Å². The number of halogens is 1. The molecule has 1 saturated carbocycles. The molecule has 2 N–H and O–H groups in total. The largest absolute Gasteiger partial charge is 0.325 e. The fraction of sp³-hybridized carbons (Fsp3) is 0.647. The highest BCUT2D eigenvalue weighted by molar-refractivity contribution is 5.20. The summed E-state index contributed by atoms with van der Waals surface area (Å²) in [5, 5.41) is 0. The summed E-state index contributed by atoms with van der Waals surface area (Å²) in [6.45, 7) is 6.82. The van der Waals surface area contributed by atoms with E-state index < -0.39 is 0 Å². The van der Waals surface area contributed by atoms with E-state index >= 15 is 0 Å². The minimum atomic E-state index is -0.190. The van der Waals surface area contributed by atoms with Crippen LogP contribution in [0.15, 0.2) is 24.3 Å². The molecule has 2 unspecified atom stereocenters. The van der Waals surface area contributed by atoms with Crippen molar-refractivity contribution in [2.75, 3.05) is 0 Å². The van der Waals surface area contributed by atoms with E-state index in [0.717, 1.165) is 18.4 Å². The molecule has 1 nitrogen and oxygen atoms in total. The van der Waals surface area contributed by atoms with Gasteiger partial charge in [-0.2, -0.15) is 0 Å². The van der Waals surface area contributed by atoms with Gasteiger partial charge in [-0.3, -0.25) is 0 Å². The molecule has 1 aromatic rings. The van der Waals surface area contributed by atoms with Crippen LogP contribution in [0.2, 0.25) is 0 Å². The predicted molar refractivity (Wildman–Crippen MR) is 78.4 cm³/mol. The Bertz CT molecular complexity index is 435. The Labute approximate surface area is 116 Å². The van der Waals surface area contributed by atoms with Crippen molar-refractivity contribution in [1.29, 1.82) is 0 Å². The van der Waals surface area contributed by atoms with Crippen molar-refractivity contribution in [1.82, 2.24) is 0 Å². The first kappa shape index (κ1) is 14.5. The Morgan fingerprint density at radius 2 is 2.05 bits per heavy atom. The van der Waals surface area contributed by atoms with Crippen LogP contribution >= 0.6 is 0 Å². The van der Waals surface area contributed by atoms with Crippen molar-refractivity contribution in [3.8, 4) is 0 Å². The average Bonchev–Trinajstić information content (AvgIpc) is 2.27. The van der Waals surface area contributed by atoms with Crippen LogP contribution in [0.4, 0.5) is 4.39 Å². The first-order chi connectivity index (χ1) is 8.81. The highest BCUT2D eigenvalue weighted by Crippen LogP contribution is 2.44. The molecule has 1 fully saturated rings. The Morgan fingerprint density at radius 3 is 2.68 bits per heavy atom. The minimum absolute atomic E-state index is 0.163. The van der Waals surface area contributed by atoms with Gasteiger partial charge in [0.1, 0.15) is 5.82 Å². The maximum absolute atomic E-state index is 13.3. The lowest BCUT2D eigenvalue weighted by Gasteiger charge is -2.48. The van der Waals surface area contributed by atoms with Gasteiger partial charge in [0.2, 0.25) is 0 Å². The van der Waals surface area contributed by atoms with Gasteiger partial charge in [-0.25, -0.2) is 4.39 Å². The summed E-state index contributed by atoms with van der Waals surface area (Å²) >= 11 is 0. The lowest BCUT2D eigenvalue weighted by atomic mass is 9.61. The van der Waals surface area contributed by atoms with Crippen molar-refractivity contribution in [3.05, 3.63) is 35.6 Å². The second kappa shape index (κ2) is 5.24. The first-order valence-corrected chi connectivity index (χ1v) is 7.35. The smallest absolute Gasteiger partial charge is 0.123 e. The Hall–Kier alpha value is -0.890. The molecule has 0 aromatic heterocycles. The molecule has 0 saturated heterocycles. The zero-order valence-electron chi connectivity index (χ0n) is 12.4. The van der Waals surface area contributed by atoms with Crippen molar-refractivity contribution >= 4 is 0 Å². The SMILES string of the molecule is CC(C)(C)C1CCCCC1(N)Cc1cccc(F)c1. The molecule has 2 rings (SSSR count).